The van der Waals surface area contributed by atoms with E-state index in [2.05, 4.69) is 9.97 Å². The maximum Gasteiger partial charge on any atom is 0.410 e. The Morgan fingerprint density at radius 1 is 1.43 bits per heavy atom. The van der Waals surface area contributed by atoms with Crippen molar-refractivity contribution in [3.8, 4) is 0 Å². The van der Waals surface area contributed by atoms with E-state index in [0.29, 0.717) is 18.8 Å². The van der Waals surface area contributed by atoms with Gasteiger partial charge in [-0.3, -0.25) is 4.21 Å². The van der Waals surface area contributed by atoms with Crippen LogP contribution in [0.2, 0.25) is 0 Å². The van der Waals surface area contributed by atoms with Crippen LogP contribution in [0.5, 0.6) is 0 Å². The molecular weight excluding hydrogens is 321 g/mol. The van der Waals surface area contributed by atoms with Gasteiger partial charge in [-0.1, -0.05) is 0 Å². The van der Waals surface area contributed by atoms with Gasteiger partial charge in [-0.15, -0.1) is 0 Å². The lowest BCUT2D eigenvalue weighted by Gasteiger charge is -2.33. The van der Waals surface area contributed by atoms with Crippen molar-refractivity contribution in [1.82, 2.24) is 14.9 Å². The third-order valence-electron chi connectivity index (χ3n) is 3.36. The quantitative estimate of drug-likeness (QED) is 0.788. The minimum atomic E-state index is -1.40. The monoisotopic (exact) mass is 343 g/mol. The van der Waals surface area contributed by atoms with E-state index >= 15 is 0 Å². The Bertz CT molecular complexity index is 574. The van der Waals surface area contributed by atoms with E-state index in [0.717, 1.165) is 25.2 Å². The van der Waals surface area contributed by atoms with Crippen LogP contribution in [0.15, 0.2) is 17.6 Å². The number of amides is 1. The van der Waals surface area contributed by atoms with Crippen LogP contribution in [-0.4, -0.2) is 49.6 Å². The molecule has 8 heteroatoms. The predicted molar refractivity (Wildman–Crippen MR) is 83.8 cm³/mol. The molecule has 0 aliphatic carbocycles. The molecule has 23 heavy (non-hydrogen) atoms. The molecule has 2 heterocycles. The Balaban J connectivity index is 1.92. The van der Waals surface area contributed by atoms with Gasteiger partial charge in [0.25, 0.3) is 0 Å². The maximum atomic E-state index is 12.8. The van der Waals surface area contributed by atoms with E-state index in [-0.39, 0.29) is 17.2 Å². The smallest absolute Gasteiger partial charge is 0.410 e. The molecule has 1 saturated heterocycles. The van der Waals surface area contributed by atoms with E-state index in [4.69, 9.17) is 4.74 Å². The highest BCUT2D eigenvalue weighted by Crippen LogP contribution is 2.21. The van der Waals surface area contributed by atoms with Gasteiger partial charge in [0, 0.05) is 18.8 Å². The number of carbonyl (C=O) groups is 1. The first-order valence-corrected chi connectivity index (χ1v) is 8.90. The molecule has 0 bridgehead atoms. The molecule has 0 unspecified atom stereocenters. The average molecular weight is 343 g/mol. The molecule has 6 nitrogen and oxygen atoms in total. The molecule has 1 aromatic rings. The van der Waals surface area contributed by atoms with Crippen LogP contribution in [-0.2, 0) is 15.5 Å². The molecule has 1 aliphatic rings. The Morgan fingerprint density at radius 2 is 2.09 bits per heavy atom. The molecule has 2 rings (SSSR count). The van der Waals surface area contributed by atoms with Crippen LogP contribution < -0.4 is 0 Å². The fourth-order valence-electron chi connectivity index (χ4n) is 2.40. The van der Waals surface area contributed by atoms with Crippen LogP contribution >= 0.6 is 0 Å². The number of piperidine rings is 1. The minimum absolute atomic E-state index is 0.0887. The fraction of sp³-hybridized carbons (Fsp3) is 0.667. The van der Waals surface area contributed by atoms with E-state index in [1.165, 1.54) is 0 Å². The van der Waals surface area contributed by atoms with Crippen molar-refractivity contribution < 1.29 is 18.1 Å². The summed E-state index contributed by atoms with van der Waals surface area (Å²) < 4.78 is 30.4. The van der Waals surface area contributed by atoms with Crippen LogP contribution in [0.3, 0.4) is 0 Å². The zero-order valence-electron chi connectivity index (χ0n) is 13.6. The van der Waals surface area contributed by atoms with Crippen molar-refractivity contribution in [3.63, 3.8) is 0 Å². The number of nitrogens with zero attached hydrogens (tertiary/aromatic N) is 3. The average Bonchev–Trinajstić information content (AvgIpc) is 2.46. The van der Waals surface area contributed by atoms with Crippen LogP contribution in [0, 0.1) is 11.7 Å². The molecule has 0 N–H and O–H groups in total. The van der Waals surface area contributed by atoms with E-state index in [1.807, 2.05) is 20.8 Å². The highest BCUT2D eigenvalue weighted by atomic mass is 32.2. The molecule has 1 aliphatic heterocycles. The SMILES string of the molecule is CC(C)(C)OC(=O)N1CCC[C@H](C[S@](=O)c2ncc(F)cn2)C1. The molecule has 1 fully saturated rings. The Labute approximate surface area is 137 Å². The van der Waals surface area contributed by atoms with Crippen molar-refractivity contribution in [1.29, 1.82) is 0 Å². The van der Waals surface area contributed by atoms with Crippen LogP contribution in [0.4, 0.5) is 9.18 Å². The van der Waals surface area contributed by atoms with Crippen molar-refractivity contribution in [3.05, 3.63) is 18.2 Å². The summed E-state index contributed by atoms with van der Waals surface area (Å²) in [5.74, 6) is -0.115. The lowest BCUT2D eigenvalue weighted by Crippen LogP contribution is -2.44. The number of rotatable bonds is 3. The summed E-state index contributed by atoms with van der Waals surface area (Å²) in [5.41, 5.74) is -0.533. The van der Waals surface area contributed by atoms with Gasteiger partial charge in [0.1, 0.15) is 5.60 Å². The number of halogens is 1. The number of aromatic nitrogens is 2. The van der Waals surface area contributed by atoms with Crippen molar-refractivity contribution in [2.24, 2.45) is 5.92 Å². The summed E-state index contributed by atoms with van der Waals surface area (Å²) in [6.07, 6.45) is 3.39. The molecule has 128 valence electrons. The summed E-state index contributed by atoms with van der Waals surface area (Å²) in [4.78, 5) is 21.3. The second-order valence-electron chi connectivity index (χ2n) is 6.63. The van der Waals surface area contributed by atoms with E-state index in [9.17, 15) is 13.4 Å². The largest absolute Gasteiger partial charge is 0.444 e. The molecule has 0 aromatic carbocycles. The second kappa shape index (κ2) is 7.33. The number of ether oxygens (including phenoxy) is 1. The summed E-state index contributed by atoms with van der Waals surface area (Å²) in [5, 5.41) is 0.126. The normalized spacial score (nSPS) is 20.2. The lowest BCUT2D eigenvalue weighted by atomic mass is 10.0. The van der Waals surface area contributed by atoms with E-state index < -0.39 is 22.2 Å². The van der Waals surface area contributed by atoms with Gasteiger partial charge in [0.15, 0.2) is 5.82 Å². The first-order valence-electron chi connectivity index (χ1n) is 7.58. The highest BCUT2D eigenvalue weighted by molar-refractivity contribution is 7.84. The Hall–Kier alpha value is -1.57. The van der Waals surface area contributed by atoms with Gasteiger partial charge < -0.3 is 9.64 Å². The fourth-order valence-corrected chi connectivity index (χ4v) is 3.59. The van der Waals surface area contributed by atoms with Crippen molar-refractivity contribution in [2.75, 3.05) is 18.8 Å². The van der Waals surface area contributed by atoms with Gasteiger partial charge in [0.2, 0.25) is 5.16 Å². The van der Waals surface area contributed by atoms with Gasteiger partial charge in [-0.2, -0.15) is 0 Å². The third-order valence-corrected chi connectivity index (χ3v) is 4.75. The summed E-state index contributed by atoms with van der Waals surface area (Å²) >= 11 is 0. The molecule has 0 radical (unpaired) electrons. The molecule has 1 amide bonds. The topological polar surface area (TPSA) is 72.4 Å². The number of hydrogen-bond donors (Lipinski definition) is 0. The van der Waals surface area contributed by atoms with Gasteiger partial charge in [0.05, 0.1) is 23.2 Å². The maximum absolute atomic E-state index is 12.8. The van der Waals surface area contributed by atoms with Gasteiger partial charge in [-0.05, 0) is 39.5 Å². The van der Waals surface area contributed by atoms with Crippen LogP contribution in [0.25, 0.3) is 0 Å². The van der Waals surface area contributed by atoms with E-state index in [1.54, 1.807) is 4.90 Å². The first-order chi connectivity index (χ1) is 10.7. The highest BCUT2D eigenvalue weighted by Gasteiger charge is 2.29. The number of carbonyl (C=O) groups excluding carboxylic acids is 1. The Kier molecular flexibility index (Phi) is 5.67. The second-order valence-corrected chi connectivity index (χ2v) is 8.02. The van der Waals surface area contributed by atoms with Crippen molar-refractivity contribution in [2.45, 2.75) is 44.4 Å². The van der Waals surface area contributed by atoms with Gasteiger partial charge in [-0.25, -0.2) is 19.2 Å². The molecule has 0 saturated carbocycles. The van der Waals surface area contributed by atoms with Gasteiger partial charge >= 0.3 is 6.09 Å². The zero-order chi connectivity index (χ0) is 17.0. The summed E-state index contributed by atoms with van der Waals surface area (Å²) in [7, 11) is -1.40. The Morgan fingerprint density at radius 3 is 2.70 bits per heavy atom. The minimum Gasteiger partial charge on any atom is -0.444 e. The third kappa shape index (κ3) is 5.53. The molecule has 1 aromatic heterocycles. The zero-order valence-corrected chi connectivity index (χ0v) is 14.4. The summed E-state index contributed by atoms with van der Waals surface area (Å²) in [6, 6.07) is 0. The first kappa shape index (κ1) is 17.8. The van der Waals surface area contributed by atoms with Crippen molar-refractivity contribution >= 4 is 16.9 Å². The summed E-state index contributed by atoms with van der Waals surface area (Å²) in [6.45, 7) is 6.63. The lowest BCUT2D eigenvalue weighted by molar-refractivity contribution is 0.0176. The molecule has 2 atom stereocenters. The number of likely N-dealkylation sites (tertiary alicyclic amines) is 1. The molecule has 0 spiro atoms. The predicted octanol–water partition coefficient (Wildman–Crippen LogP) is 2.37. The van der Waals surface area contributed by atoms with Crippen LogP contribution in [0.1, 0.15) is 33.6 Å². The standard InChI is InChI=1S/C15H22FN3O3S/c1-15(2,3)22-14(20)19-6-4-5-11(9-19)10-23(21)13-17-7-12(16)8-18-13/h7-8,11H,4-6,9-10H2,1-3H3/t11-,23-/m0/s1. The molecular formula is C15H22FN3O3S. The number of hydrogen-bond acceptors (Lipinski definition) is 5.